The summed E-state index contributed by atoms with van der Waals surface area (Å²) in [5, 5.41) is 2.18. The quantitative estimate of drug-likeness (QED) is 0.659. The molecule has 1 fully saturated rings. The van der Waals surface area contributed by atoms with Crippen LogP contribution in [0.5, 0.6) is 5.75 Å². The molecule has 2 aliphatic rings. The summed E-state index contributed by atoms with van der Waals surface area (Å²) in [5.74, 6) is 0.416. The predicted octanol–water partition coefficient (Wildman–Crippen LogP) is 3.04. The van der Waals surface area contributed by atoms with Crippen molar-refractivity contribution in [1.82, 2.24) is 4.90 Å². The van der Waals surface area contributed by atoms with Crippen molar-refractivity contribution in [2.45, 2.75) is 12.5 Å². The van der Waals surface area contributed by atoms with Gasteiger partial charge in [-0.25, -0.2) is 0 Å². The SMILES string of the molecule is O=C([C@H]1CN(C(=O)Cc2cccc3ccccc23)c2ccccc2O1)N1CCOCC1. The molecule has 0 radical (unpaired) electrons. The first-order valence-corrected chi connectivity index (χ1v) is 10.6. The normalized spacial score (nSPS) is 18.4. The summed E-state index contributed by atoms with van der Waals surface area (Å²) in [6.45, 7) is 2.35. The van der Waals surface area contributed by atoms with Gasteiger partial charge in [0.05, 0.1) is 31.9 Å². The van der Waals surface area contributed by atoms with Crippen LogP contribution in [0.2, 0.25) is 0 Å². The molecule has 5 rings (SSSR count). The number of hydrogen-bond donors (Lipinski definition) is 0. The minimum absolute atomic E-state index is 0.0492. The molecule has 0 N–H and O–H groups in total. The zero-order valence-electron chi connectivity index (χ0n) is 17.2. The van der Waals surface area contributed by atoms with E-state index in [4.69, 9.17) is 9.47 Å². The summed E-state index contributed by atoms with van der Waals surface area (Å²) in [4.78, 5) is 30.0. The summed E-state index contributed by atoms with van der Waals surface area (Å²) < 4.78 is 11.4. The van der Waals surface area contributed by atoms with Crippen molar-refractivity contribution in [1.29, 1.82) is 0 Å². The zero-order valence-corrected chi connectivity index (χ0v) is 17.2. The van der Waals surface area contributed by atoms with E-state index in [9.17, 15) is 9.59 Å². The van der Waals surface area contributed by atoms with Gasteiger partial charge in [-0.2, -0.15) is 0 Å². The van der Waals surface area contributed by atoms with Gasteiger partial charge in [0, 0.05) is 13.1 Å². The molecule has 0 bridgehead atoms. The van der Waals surface area contributed by atoms with Crippen molar-refractivity contribution in [2.24, 2.45) is 0 Å². The maximum atomic E-state index is 13.4. The highest BCUT2D eigenvalue weighted by Gasteiger charge is 2.36. The summed E-state index contributed by atoms with van der Waals surface area (Å²) in [6, 6.07) is 21.5. The minimum Gasteiger partial charge on any atom is -0.476 e. The van der Waals surface area contributed by atoms with Gasteiger partial charge in [0.2, 0.25) is 5.91 Å². The number of para-hydroxylation sites is 2. The Labute approximate surface area is 181 Å². The van der Waals surface area contributed by atoms with E-state index in [0.29, 0.717) is 37.7 Å². The van der Waals surface area contributed by atoms with Gasteiger partial charge >= 0.3 is 0 Å². The summed E-state index contributed by atoms with van der Waals surface area (Å²) in [6.07, 6.45) is -0.460. The number of hydrogen-bond acceptors (Lipinski definition) is 4. The Balaban J connectivity index is 1.42. The van der Waals surface area contributed by atoms with Crippen LogP contribution in [-0.4, -0.2) is 55.7 Å². The second-order valence-electron chi connectivity index (χ2n) is 7.83. The van der Waals surface area contributed by atoms with E-state index < -0.39 is 6.10 Å². The number of benzene rings is 3. The first-order valence-electron chi connectivity index (χ1n) is 10.6. The lowest BCUT2D eigenvalue weighted by Gasteiger charge is -2.37. The van der Waals surface area contributed by atoms with Gasteiger partial charge in [-0.05, 0) is 28.5 Å². The Hall–Kier alpha value is -3.38. The number of ether oxygens (including phenoxy) is 2. The molecule has 0 spiro atoms. The van der Waals surface area contributed by atoms with Crippen LogP contribution in [0.1, 0.15) is 5.56 Å². The van der Waals surface area contributed by atoms with E-state index >= 15 is 0 Å². The number of fused-ring (bicyclic) bond motifs is 2. The van der Waals surface area contributed by atoms with Crippen LogP contribution < -0.4 is 9.64 Å². The number of anilines is 1. The summed E-state index contributed by atoms with van der Waals surface area (Å²) >= 11 is 0. The standard InChI is InChI=1S/C25H24N2O4/c28-24(16-19-8-5-7-18-6-1-2-9-20(18)19)27-17-23(25(29)26-12-14-30-15-13-26)31-22-11-4-3-10-21(22)27/h1-11,23H,12-17H2/t23-/m1/s1. The first kappa shape index (κ1) is 19.6. The number of rotatable bonds is 3. The van der Waals surface area contributed by atoms with E-state index in [1.807, 2.05) is 66.7 Å². The first-order chi connectivity index (χ1) is 15.2. The van der Waals surface area contributed by atoms with Gasteiger partial charge in [-0.1, -0.05) is 54.6 Å². The molecule has 3 aromatic carbocycles. The number of carbonyl (C=O) groups is 2. The number of amides is 2. The van der Waals surface area contributed by atoms with Crippen molar-refractivity contribution >= 4 is 28.3 Å². The fourth-order valence-corrected chi connectivity index (χ4v) is 4.29. The molecule has 2 amide bonds. The van der Waals surface area contributed by atoms with Crippen LogP contribution in [-0.2, 0) is 20.7 Å². The third-order valence-electron chi connectivity index (χ3n) is 5.89. The Morgan fingerprint density at radius 3 is 2.52 bits per heavy atom. The van der Waals surface area contributed by atoms with Gasteiger partial charge in [0.25, 0.3) is 5.91 Å². The third kappa shape index (κ3) is 3.86. The molecule has 158 valence electrons. The largest absolute Gasteiger partial charge is 0.476 e. The zero-order chi connectivity index (χ0) is 21.2. The second-order valence-corrected chi connectivity index (χ2v) is 7.83. The predicted molar refractivity (Wildman–Crippen MR) is 118 cm³/mol. The lowest BCUT2D eigenvalue weighted by molar-refractivity contribution is -0.142. The monoisotopic (exact) mass is 416 g/mol. The molecule has 6 heteroatoms. The molecule has 3 aromatic rings. The highest BCUT2D eigenvalue weighted by Crippen LogP contribution is 2.34. The van der Waals surface area contributed by atoms with Crippen LogP contribution >= 0.6 is 0 Å². The van der Waals surface area contributed by atoms with Crippen LogP contribution in [0.15, 0.2) is 66.7 Å². The molecule has 2 heterocycles. The molecule has 0 aliphatic carbocycles. The smallest absolute Gasteiger partial charge is 0.265 e. The fourth-order valence-electron chi connectivity index (χ4n) is 4.29. The second kappa shape index (κ2) is 8.40. The van der Waals surface area contributed by atoms with Gasteiger partial charge in [-0.3, -0.25) is 9.59 Å². The lowest BCUT2D eigenvalue weighted by Crippen LogP contribution is -2.54. The van der Waals surface area contributed by atoms with Gasteiger partial charge in [0.1, 0.15) is 5.75 Å². The number of nitrogens with zero attached hydrogens (tertiary/aromatic N) is 2. The molecule has 1 atom stereocenters. The van der Waals surface area contributed by atoms with E-state index in [2.05, 4.69) is 0 Å². The van der Waals surface area contributed by atoms with E-state index in [-0.39, 0.29) is 24.8 Å². The molecule has 0 aromatic heterocycles. The Bertz CT molecular complexity index is 1120. The van der Waals surface area contributed by atoms with Crippen molar-refractivity contribution in [2.75, 3.05) is 37.7 Å². The van der Waals surface area contributed by atoms with Crippen molar-refractivity contribution < 1.29 is 19.1 Å². The fraction of sp³-hybridized carbons (Fsp3) is 0.280. The number of morpholine rings is 1. The minimum atomic E-state index is -0.718. The Morgan fingerprint density at radius 1 is 0.903 bits per heavy atom. The van der Waals surface area contributed by atoms with E-state index in [0.717, 1.165) is 16.3 Å². The third-order valence-corrected chi connectivity index (χ3v) is 5.89. The highest BCUT2D eigenvalue weighted by molar-refractivity contribution is 6.00. The Kier molecular flexibility index (Phi) is 5.30. The maximum absolute atomic E-state index is 13.4. The lowest BCUT2D eigenvalue weighted by atomic mass is 10.0. The van der Waals surface area contributed by atoms with Crippen molar-refractivity contribution in [3.63, 3.8) is 0 Å². The van der Waals surface area contributed by atoms with E-state index in [1.54, 1.807) is 9.80 Å². The topological polar surface area (TPSA) is 59.1 Å². The van der Waals surface area contributed by atoms with Crippen LogP contribution in [0.25, 0.3) is 10.8 Å². The van der Waals surface area contributed by atoms with Crippen molar-refractivity contribution in [3.05, 3.63) is 72.3 Å². The van der Waals surface area contributed by atoms with E-state index in [1.165, 1.54) is 0 Å². The van der Waals surface area contributed by atoms with Gasteiger partial charge < -0.3 is 19.3 Å². The average Bonchev–Trinajstić information content (AvgIpc) is 2.83. The molecule has 31 heavy (non-hydrogen) atoms. The molecule has 0 unspecified atom stereocenters. The summed E-state index contributed by atoms with van der Waals surface area (Å²) in [5.41, 5.74) is 1.68. The Morgan fingerprint density at radius 2 is 1.65 bits per heavy atom. The number of carbonyl (C=O) groups excluding carboxylic acids is 2. The molecule has 0 saturated carbocycles. The van der Waals surface area contributed by atoms with Crippen LogP contribution in [0, 0.1) is 0 Å². The molecular formula is C25H24N2O4. The summed E-state index contributed by atoms with van der Waals surface area (Å²) in [7, 11) is 0. The van der Waals surface area contributed by atoms with Gasteiger partial charge in [-0.15, -0.1) is 0 Å². The van der Waals surface area contributed by atoms with Crippen LogP contribution in [0.4, 0.5) is 5.69 Å². The van der Waals surface area contributed by atoms with Crippen LogP contribution in [0.3, 0.4) is 0 Å². The average molecular weight is 416 g/mol. The molecule has 2 aliphatic heterocycles. The van der Waals surface area contributed by atoms with Crippen molar-refractivity contribution in [3.8, 4) is 5.75 Å². The molecule has 1 saturated heterocycles. The highest BCUT2D eigenvalue weighted by atomic mass is 16.5. The molecular weight excluding hydrogens is 392 g/mol. The molecule has 6 nitrogen and oxygen atoms in total. The van der Waals surface area contributed by atoms with Gasteiger partial charge in [0.15, 0.2) is 6.10 Å². The maximum Gasteiger partial charge on any atom is 0.265 e.